The van der Waals surface area contributed by atoms with Crippen molar-refractivity contribution in [2.75, 3.05) is 37.8 Å². The van der Waals surface area contributed by atoms with E-state index >= 15 is 0 Å². The zero-order valence-electron chi connectivity index (χ0n) is 35.8. The number of benzene rings is 2. The molecule has 2 fully saturated rings. The highest BCUT2D eigenvalue weighted by Gasteiger charge is 2.49. The van der Waals surface area contributed by atoms with Crippen molar-refractivity contribution in [3.63, 3.8) is 0 Å². The van der Waals surface area contributed by atoms with E-state index in [0.717, 1.165) is 33.9 Å². The number of hydroxylamine groups is 2. The molecule has 0 saturated carbocycles. The first-order chi connectivity index (χ1) is 29.2. The number of rotatable bonds is 14. The predicted octanol–water partition coefficient (Wildman–Crippen LogP) is 3.50. The van der Waals surface area contributed by atoms with Gasteiger partial charge in [-0.2, -0.15) is 13.0 Å². The number of nitrogens with zero attached hydrogens (tertiary/aromatic N) is 4. The summed E-state index contributed by atoms with van der Waals surface area (Å²) in [7, 11) is -0.824. The Morgan fingerprint density at radius 1 is 0.952 bits per heavy atom. The minimum Gasteiger partial charge on any atom is -0.358 e. The van der Waals surface area contributed by atoms with Gasteiger partial charge in [0.15, 0.2) is 11.5 Å². The van der Waals surface area contributed by atoms with E-state index in [4.69, 9.17) is 4.84 Å². The van der Waals surface area contributed by atoms with E-state index < -0.39 is 68.4 Å². The van der Waals surface area contributed by atoms with E-state index in [1.54, 1.807) is 0 Å². The van der Waals surface area contributed by atoms with Crippen molar-refractivity contribution < 1.29 is 51.2 Å². The van der Waals surface area contributed by atoms with Gasteiger partial charge >= 0.3 is 5.97 Å². The van der Waals surface area contributed by atoms with Crippen LogP contribution < -0.4 is 15.5 Å². The van der Waals surface area contributed by atoms with Gasteiger partial charge in [0.2, 0.25) is 17.5 Å². The van der Waals surface area contributed by atoms with E-state index in [0.29, 0.717) is 41.3 Å². The number of amides is 4. The van der Waals surface area contributed by atoms with Crippen LogP contribution in [-0.2, 0) is 54.6 Å². The van der Waals surface area contributed by atoms with Crippen LogP contribution in [0.4, 0.5) is 11.4 Å². The van der Waals surface area contributed by atoms with Gasteiger partial charge in [0.25, 0.3) is 21.9 Å². The first-order valence-electron chi connectivity index (χ1n) is 20.9. The van der Waals surface area contributed by atoms with Gasteiger partial charge in [-0.05, 0) is 57.2 Å². The number of hydrogen-bond donors (Lipinski definition) is 3. The minimum absolute atomic E-state index is 0.0234. The van der Waals surface area contributed by atoms with Crippen LogP contribution in [0.25, 0.3) is 0 Å². The largest absolute Gasteiger partial charge is 0.358 e. The lowest BCUT2D eigenvalue weighted by molar-refractivity contribution is -0.401. The number of anilines is 1. The summed E-state index contributed by atoms with van der Waals surface area (Å²) in [6, 6.07) is 13.6. The Kier molecular flexibility index (Phi) is 11.9. The first-order valence-corrected chi connectivity index (χ1v) is 22.5. The average Bonchev–Trinajstić information content (AvgIpc) is 3.92. The number of allylic oxidation sites excluding steroid dienone is 5. The maximum Gasteiger partial charge on any atom is 0.333 e. The molecule has 1 aliphatic carbocycles. The molecule has 2 saturated heterocycles. The molecule has 0 bridgehead atoms. The van der Waals surface area contributed by atoms with Crippen LogP contribution in [0.2, 0.25) is 0 Å². The van der Waals surface area contributed by atoms with Crippen LogP contribution >= 0.6 is 0 Å². The molecule has 2 atom stereocenters. The number of likely N-dealkylation sites (N-methyl/N-ethyl adjacent to an activating group) is 1. The van der Waals surface area contributed by atoms with Crippen LogP contribution in [-0.4, -0.2) is 114 Å². The standard InChI is InChI=1S/C45H52N6O10S/c1-44(2)29-14-7-9-16-32(29)48(5)35(44)24-27-40(28(41(27)55)25-36-45(3,4)30-15-8-10-17-33(30)49(36)6)50-23-13-18-34(50)43(57)47-31(26-62(58,59)60)42(56)46-22-12-11-19-39(54)61-51-37(52)20-21-38(51)53/h7-10,14-17,24-25,31,34H,11-13,18-23,26H2,1-6H3,(H2-,46,47,56,57,58,59,60)/p+1/t31-,34+/m0/s1. The quantitative estimate of drug-likeness (QED) is 0.0822. The molecular weight excluding hydrogens is 817 g/mol. The number of ketones is 1. The van der Waals surface area contributed by atoms with Crippen LogP contribution in [0.1, 0.15) is 83.8 Å². The summed E-state index contributed by atoms with van der Waals surface area (Å²) in [5, 5.41) is 5.58. The Balaban J connectivity index is 1.13. The van der Waals surface area contributed by atoms with Gasteiger partial charge in [-0.25, -0.2) is 4.79 Å². The molecule has 2 aromatic carbocycles. The van der Waals surface area contributed by atoms with Crippen LogP contribution in [0, 0.1) is 0 Å². The topological polar surface area (TPSA) is 203 Å². The number of imide groups is 1. The number of carbonyl (C=O) groups is 6. The Morgan fingerprint density at radius 3 is 2.27 bits per heavy atom. The molecule has 5 aliphatic rings. The van der Waals surface area contributed by atoms with Crippen LogP contribution in [0.3, 0.4) is 0 Å². The summed E-state index contributed by atoms with van der Waals surface area (Å²) in [6.45, 7) is 8.79. The summed E-state index contributed by atoms with van der Waals surface area (Å²) in [5.41, 5.74) is 6.60. The number of hydrogen-bond acceptors (Lipinski definition) is 11. The van der Waals surface area contributed by atoms with E-state index in [2.05, 4.69) is 59.9 Å². The average molecular weight is 870 g/mol. The molecule has 0 spiro atoms. The van der Waals surface area contributed by atoms with Crippen molar-refractivity contribution in [1.82, 2.24) is 20.6 Å². The lowest BCUT2D eigenvalue weighted by atomic mass is 9.76. The zero-order valence-corrected chi connectivity index (χ0v) is 36.6. The zero-order chi connectivity index (χ0) is 44.9. The number of likely N-dealkylation sites (tertiary alicyclic amines) is 1. The molecule has 7 rings (SSSR count). The second kappa shape index (κ2) is 16.7. The number of para-hydroxylation sites is 2. The van der Waals surface area contributed by atoms with Gasteiger partial charge in [-0.1, -0.05) is 50.2 Å². The van der Waals surface area contributed by atoms with Crippen molar-refractivity contribution >= 4 is 62.6 Å². The van der Waals surface area contributed by atoms with Gasteiger partial charge in [0.05, 0.1) is 16.7 Å². The highest BCUT2D eigenvalue weighted by atomic mass is 32.2. The molecular formula is C45H53N6O10S+. The second-order valence-corrected chi connectivity index (χ2v) is 18.9. The lowest BCUT2D eigenvalue weighted by Gasteiger charge is -2.37. The number of fused-ring (bicyclic) bond motifs is 2. The Labute approximate surface area is 361 Å². The third-order valence-corrected chi connectivity index (χ3v) is 13.4. The maximum absolute atomic E-state index is 14.5. The Bertz CT molecular complexity index is 2500. The van der Waals surface area contributed by atoms with E-state index in [9.17, 15) is 41.7 Å². The van der Waals surface area contributed by atoms with E-state index in [1.807, 2.05) is 67.5 Å². The van der Waals surface area contributed by atoms with Crippen molar-refractivity contribution in [3.05, 3.63) is 94.4 Å². The molecule has 62 heavy (non-hydrogen) atoms. The maximum atomic E-state index is 14.5. The lowest BCUT2D eigenvalue weighted by Crippen LogP contribution is -2.55. The fourth-order valence-corrected chi connectivity index (χ4v) is 9.97. The number of Topliss-reactive ketones (excluding diaryl/α,β-unsaturated/α-hetero) is 1. The van der Waals surface area contributed by atoms with Crippen LogP contribution in [0.15, 0.2) is 83.2 Å². The molecule has 0 aromatic heterocycles. The van der Waals surface area contributed by atoms with Gasteiger partial charge in [-0.15, -0.1) is 5.06 Å². The SMILES string of the molecule is CN1/C(=C/C2=C(N3CCC[C@@H]3C(=O)N[C@@H](CS(=O)(=O)O)C(=O)NCCCCC(=O)ON3C(=O)CCC3=O)C(=C/C3=[N+](C)c4ccccc4C3(C)C)/C2=O)C(C)(C)c2ccccc21. The third-order valence-electron chi connectivity index (χ3n) is 12.6. The normalized spacial score (nSPS) is 22.1. The summed E-state index contributed by atoms with van der Waals surface area (Å²) in [5.74, 6) is -4.79. The molecule has 4 heterocycles. The van der Waals surface area contributed by atoms with Crippen molar-refractivity contribution in [3.8, 4) is 0 Å². The number of nitrogens with one attached hydrogen (secondary N) is 2. The number of unbranched alkanes of at least 4 members (excludes halogenated alkanes) is 1. The fourth-order valence-electron chi connectivity index (χ4n) is 9.31. The summed E-state index contributed by atoms with van der Waals surface area (Å²) in [6.07, 6.45) is 4.91. The second-order valence-electron chi connectivity index (χ2n) is 17.4. The highest BCUT2D eigenvalue weighted by Crippen LogP contribution is 2.49. The molecule has 4 amide bonds. The van der Waals surface area contributed by atoms with Gasteiger partial charge < -0.3 is 25.3 Å². The van der Waals surface area contributed by atoms with Crippen molar-refractivity contribution in [1.29, 1.82) is 0 Å². The predicted molar refractivity (Wildman–Crippen MR) is 229 cm³/mol. The summed E-state index contributed by atoms with van der Waals surface area (Å²) >= 11 is 0. The molecule has 3 N–H and O–H groups in total. The molecule has 2 aromatic rings. The summed E-state index contributed by atoms with van der Waals surface area (Å²) < 4.78 is 36.2. The summed E-state index contributed by atoms with van der Waals surface area (Å²) in [4.78, 5) is 86.6. The fraction of sp³-hybridized carbons (Fsp3) is 0.444. The Hall–Kier alpha value is -5.94. The molecule has 17 heteroatoms. The monoisotopic (exact) mass is 869 g/mol. The smallest absolute Gasteiger partial charge is 0.333 e. The van der Waals surface area contributed by atoms with E-state index in [1.165, 1.54) is 0 Å². The molecule has 16 nitrogen and oxygen atoms in total. The Morgan fingerprint density at radius 2 is 1.61 bits per heavy atom. The molecule has 0 radical (unpaired) electrons. The van der Waals surface area contributed by atoms with Crippen molar-refractivity contribution in [2.45, 2.75) is 95.6 Å². The van der Waals surface area contributed by atoms with Gasteiger partial charge in [0.1, 0.15) is 24.9 Å². The number of carbonyl (C=O) groups excluding carboxylic acids is 6. The van der Waals surface area contributed by atoms with Crippen LogP contribution in [0.5, 0.6) is 0 Å². The minimum atomic E-state index is -4.75. The molecule has 328 valence electrons. The molecule has 0 unspecified atom stereocenters. The van der Waals surface area contributed by atoms with E-state index in [-0.39, 0.29) is 44.4 Å². The third kappa shape index (κ3) is 8.22. The van der Waals surface area contributed by atoms with Gasteiger partial charge in [-0.3, -0.25) is 28.5 Å². The highest BCUT2D eigenvalue weighted by molar-refractivity contribution is 7.85. The molecule has 4 aliphatic heterocycles. The van der Waals surface area contributed by atoms with Crippen molar-refractivity contribution in [2.24, 2.45) is 0 Å². The van der Waals surface area contributed by atoms with Gasteiger partial charge in [0, 0.05) is 79.5 Å². The first kappa shape index (κ1) is 44.1.